The zero-order chi connectivity index (χ0) is 15.5. The lowest BCUT2D eigenvalue weighted by Crippen LogP contribution is -2.41. The van der Waals surface area contributed by atoms with Gasteiger partial charge in [0.05, 0.1) is 5.56 Å². The molecule has 0 bridgehead atoms. The molecule has 1 aliphatic carbocycles. The summed E-state index contributed by atoms with van der Waals surface area (Å²) < 4.78 is 28.3. The van der Waals surface area contributed by atoms with Gasteiger partial charge in [0, 0.05) is 19.3 Å². The smallest absolute Gasteiger partial charge is 0.337 e. The average Bonchev–Trinajstić information content (AvgIpc) is 2.47. The van der Waals surface area contributed by atoms with E-state index in [1.165, 1.54) is 16.4 Å². The molecule has 1 aromatic rings. The number of carbonyl (C=O) groups is 1. The lowest BCUT2D eigenvalue weighted by Gasteiger charge is -2.30. The molecular formula is C13H19N3O4S. The molecule has 2 N–H and O–H groups in total. The quantitative estimate of drug-likeness (QED) is 0.862. The Bertz CT molecular complexity index is 594. The molecule has 21 heavy (non-hydrogen) atoms. The minimum absolute atomic E-state index is 0.00884. The van der Waals surface area contributed by atoms with Crippen LogP contribution in [0.4, 0.5) is 5.82 Å². The Kier molecular flexibility index (Phi) is 4.79. The normalized spacial score (nSPS) is 16.9. The third-order valence-corrected chi connectivity index (χ3v) is 5.24. The molecule has 116 valence electrons. The van der Waals surface area contributed by atoms with Crippen molar-refractivity contribution >= 4 is 22.0 Å². The van der Waals surface area contributed by atoms with Gasteiger partial charge in [-0.15, -0.1) is 0 Å². The first-order valence-corrected chi connectivity index (χ1v) is 8.29. The van der Waals surface area contributed by atoms with E-state index in [0.29, 0.717) is 0 Å². The molecular weight excluding hydrogens is 294 g/mol. The number of pyridine rings is 1. The lowest BCUT2D eigenvalue weighted by atomic mass is 9.96. The van der Waals surface area contributed by atoms with Crippen LogP contribution in [0.3, 0.4) is 0 Å². The largest absolute Gasteiger partial charge is 0.478 e. The van der Waals surface area contributed by atoms with Crippen molar-refractivity contribution in [1.82, 2.24) is 9.29 Å². The fourth-order valence-electron chi connectivity index (χ4n) is 2.43. The number of nitrogens with zero attached hydrogens (tertiary/aromatic N) is 2. The van der Waals surface area contributed by atoms with Crippen molar-refractivity contribution in [3.05, 3.63) is 23.9 Å². The van der Waals surface area contributed by atoms with Gasteiger partial charge in [0.1, 0.15) is 5.82 Å². The second-order valence-corrected chi connectivity index (χ2v) is 6.88. The maximum Gasteiger partial charge on any atom is 0.337 e. The topological polar surface area (TPSA) is 99.6 Å². The third kappa shape index (κ3) is 3.92. The van der Waals surface area contributed by atoms with E-state index in [-0.39, 0.29) is 17.4 Å². The monoisotopic (exact) mass is 313 g/mol. The summed E-state index contributed by atoms with van der Waals surface area (Å²) in [5.41, 5.74) is 0.0126. The van der Waals surface area contributed by atoms with Gasteiger partial charge in [-0.3, -0.25) is 4.72 Å². The van der Waals surface area contributed by atoms with Gasteiger partial charge in [0.15, 0.2) is 0 Å². The standard InChI is InChI=1S/C13H19N3O4S/c1-16(11-5-3-2-4-6-11)21(19,20)15-12-8-7-10(9-14-12)13(17)18/h7-9,11H,2-6H2,1H3,(H,14,15)(H,17,18). The van der Waals surface area contributed by atoms with Crippen LogP contribution < -0.4 is 4.72 Å². The minimum atomic E-state index is -3.67. The first-order chi connectivity index (χ1) is 9.90. The summed E-state index contributed by atoms with van der Waals surface area (Å²) in [6, 6.07) is 2.67. The molecule has 0 aromatic carbocycles. The van der Waals surface area contributed by atoms with Crippen molar-refractivity contribution in [3.63, 3.8) is 0 Å². The number of carboxylic acid groups (broad SMARTS) is 1. The zero-order valence-corrected chi connectivity index (χ0v) is 12.6. The fourth-order valence-corrected chi connectivity index (χ4v) is 3.56. The summed E-state index contributed by atoms with van der Waals surface area (Å²) in [5, 5.41) is 8.78. The number of rotatable bonds is 5. The van der Waals surface area contributed by atoms with Crippen LogP contribution in [0.2, 0.25) is 0 Å². The van der Waals surface area contributed by atoms with E-state index >= 15 is 0 Å². The highest BCUT2D eigenvalue weighted by Gasteiger charge is 2.27. The highest BCUT2D eigenvalue weighted by Crippen LogP contribution is 2.23. The molecule has 1 aromatic heterocycles. The molecule has 0 unspecified atom stereocenters. The van der Waals surface area contributed by atoms with Crippen molar-refractivity contribution in [3.8, 4) is 0 Å². The van der Waals surface area contributed by atoms with Crippen LogP contribution in [0.5, 0.6) is 0 Å². The molecule has 0 amide bonds. The predicted octanol–water partition coefficient (Wildman–Crippen LogP) is 1.70. The van der Waals surface area contributed by atoms with Crippen LogP contribution in [-0.2, 0) is 10.2 Å². The molecule has 2 rings (SSSR count). The molecule has 1 aliphatic rings. The Labute approximate surface area is 124 Å². The number of carboxylic acids is 1. The Hall–Kier alpha value is -1.67. The van der Waals surface area contributed by atoms with E-state index in [1.54, 1.807) is 7.05 Å². The van der Waals surface area contributed by atoms with Crippen molar-refractivity contribution in [2.24, 2.45) is 0 Å². The number of aromatic carboxylic acids is 1. The van der Waals surface area contributed by atoms with Crippen LogP contribution in [-0.4, -0.2) is 41.9 Å². The van der Waals surface area contributed by atoms with Crippen molar-refractivity contribution in [1.29, 1.82) is 0 Å². The fraction of sp³-hybridized carbons (Fsp3) is 0.538. The minimum Gasteiger partial charge on any atom is -0.478 e. The molecule has 1 fully saturated rings. The van der Waals surface area contributed by atoms with Crippen molar-refractivity contribution < 1.29 is 18.3 Å². The van der Waals surface area contributed by atoms with Gasteiger partial charge >= 0.3 is 16.2 Å². The second kappa shape index (κ2) is 6.40. The van der Waals surface area contributed by atoms with Crippen molar-refractivity contribution in [2.75, 3.05) is 11.8 Å². The maximum absolute atomic E-state index is 12.3. The third-order valence-electron chi connectivity index (χ3n) is 3.71. The summed E-state index contributed by atoms with van der Waals surface area (Å²) in [6.07, 6.45) is 6.08. The molecule has 1 heterocycles. The van der Waals surface area contributed by atoms with E-state index in [2.05, 4.69) is 9.71 Å². The molecule has 7 nitrogen and oxygen atoms in total. The molecule has 0 atom stereocenters. The van der Waals surface area contributed by atoms with Crippen LogP contribution >= 0.6 is 0 Å². The molecule has 0 radical (unpaired) electrons. The number of hydrogen-bond donors (Lipinski definition) is 2. The number of hydrogen-bond acceptors (Lipinski definition) is 4. The lowest BCUT2D eigenvalue weighted by molar-refractivity contribution is 0.0696. The summed E-state index contributed by atoms with van der Waals surface area (Å²) >= 11 is 0. The number of nitrogens with one attached hydrogen (secondary N) is 1. The van der Waals surface area contributed by atoms with Gasteiger partial charge in [0.2, 0.25) is 0 Å². The molecule has 0 spiro atoms. The molecule has 0 aliphatic heterocycles. The SMILES string of the molecule is CN(C1CCCCC1)S(=O)(=O)Nc1ccc(C(=O)O)cn1. The average molecular weight is 313 g/mol. The highest BCUT2D eigenvalue weighted by molar-refractivity contribution is 7.90. The zero-order valence-electron chi connectivity index (χ0n) is 11.8. The van der Waals surface area contributed by atoms with Crippen LogP contribution in [0.15, 0.2) is 18.3 Å². The second-order valence-electron chi connectivity index (χ2n) is 5.15. The summed E-state index contributed by atoms with van der Waals surface area (Å²) in [7, 11) is -2.11. The molecule has 8 heteroatoms. The van der Waals surface area contributed by atoms with Gasteiger partial charge in [0.25, 0.3) is 0 Å². The Morgan fingerprint density at radius 3 is 2.52 bits per heavy atom. The van der Waals surface area contributed by atoms with E-state index in [4.69, 9.17) is 5.11 Å². The van der Waals surface area contributed by atoms with Gasteiger partial charge in [-0.2, -0.15) is 12.7 Å². The predicted molar refractivity (Wildman–Crippen MR) is 78.4 cm³/mol. The van der Waals surface area contributed by atoms with E-state index < -0.39 is 16.2 Å². The highest BCUT2D eigenvalue weighted by atomic mass is 32.2. The summed E-state index contributed by atoms with van der Waals surface area (Å²) in [4.78, 5) is 14.5. The Morgan fingerprint density at radius 1 is 1.33 bits per heavy atom. The van der Waals surface area contributed by atoms with Crippen molar-refractivity contribution in [2.45, 2.75) is 38.1 Å². The maximum atomic E-state index is 12.3. The van der Waals surface area contributed by atoms with Crippen LogP contribution in [0.25, 0.3) is 0 Å². The summed E-state index contributed by atoms with van der Waals surface area (Å²) in [5.74, 6) is -0.987. The van der Waals surface area contributed by atoms with Gasteiger partial charge in [-0.25, -0.2) is 9.78 Å². The van der Waals surface area contributed by atoms with Gasteiger partial charge < -0.3 is 5.11 Å². The van der Waals surface area contributed by atoms with Crippen LogP contribution in [0, 0.1) is 0 Å². The van der Waals surface area contributed by atoms with E-state index in [9.17, 15) is 13.2 Å². The molecule has 1 saturated carbocycles. The van der Waals surface area contributed by atoms with E-state index in [1.807, 2.05) is 0 Å². The summed E-state index contributed by atoms with van der Waals surface area (Å²) in [6.45, 7) is 0. The number of aromatic nitrogens is 1. The first kappa shape index (κ1) is 15.7. The van der Waals surface area contributed by atoms with Crippen LogP contribution in [0.1, 0.15) is 42.5 Å². The number of anilines is 1. The van der Waals surface area contributed by atoms with Gasteiger partial charge in [-0.1, -0.05) is 19.3 Å². The van der Waals surface area contributed by atoms with Gasteiger partial charge in [-0.05, 0) is 25.0 Å². The molecule has 0 saturated heterocycles. The van der Waals surface area contributed by atoms with E-state index in [0.717, 1.165) is 38.3 Å². The Balaban J connectivity index is 2.07. The first-order valence-electron chi connectivity index (χ1n) is 6.85. The Morgan fingerprint density at radius 2 is 2.00 bits per heavy atom.